The van der Waals surface area contributed by atoms with Crippen molar-refractivity contribution in [3.8, 4) is 0 Å². The number of rotatable bonds is 12. The van der Waals surface area contributed by atoms with E-state index in [1.807, 2.05) is 13.8 Å². The smallest absolute Gasteiger partial charge is 0.275 e. The molecule has 13 heteroatoms. The topological polar surface area (TPSA) is 84.9 Å². The van der Waals surface area contributed by atoms with Crippen molar-refractivity contribution in [3.63, 3.8) is 0 Å². The van der Waals surface area contributed by atoms with Crippen LogP contribution in [0.5, 0.6) is 0 Å². The molecule has 2 aromatic carbocycles. The van der Waals surface area contributed by atoms with Crippen molar-refractivity contribution in [2.45, 2.75) is 50.6 Å². The van der Waals surface area contributed by atoms with Crippen LogP contribution in [0.15, 0.2) is 41.3 Å². The van der Waals surface area contributed by atoms with E-state index in [2.05, 4.69) is 4.72 Å². The molecule has 0 aliphatic carbocycles. The van der Waals surface area contributed by atoms with Crippen LogP contribution in [-0.4, -0.2) is 26.5 Å². The van der Waals surface area contributed by atoms with Gasteiger partial charge in [0.05, 0.1) is 28.7 Å². The number of benzene rings is 2. The second-order valence-corrected chi connectivity index (χ2v) is 11.9. The predicted octanol–water partition coefficient (Wildman–Crippen LogP) is 6.83. The van der Waals surface area contributed by atoms with E-state index in [1.165, 1.54) is 18.2 Å². The van der Waals surface area contributed by atoms with Gasteiger partial charge in [-0.15, -0.1) is 0 Å². The van der Waals surface area contributed by atoms with Gasteiger partial charge in [0.25, 0.3) is 10.0 Å². The molecular weight excluding hydrogens is 537 g/mol. The first-order valence-corrected chi connectivity index (χ1v) is 14.3. The van der Waals surface area contributed by atoms with Crippen molar-refractivity contribution in [3.05, 3.63) is 52.0 Å². The average Bonchev–Trinajstić information content (AvgIpc) is 2.73. The summed E-state index contributed by atoms with van der Waals surface area (Å²) in [6.07, 6.45) is -2.03. The van der Waals surface area contributed by atoms with Crippen molar-refractivity contribution in [1.82, 2.24) is 0 Å². The van der Waals surface area contributed by atoms with Gasteiger partial charge in [-0.05, 0) is 49.2 Å². The standard InChI is InChI=1S/C21H26Cl2F3NO5PS/c1-3-5-11-31-33(28,32-12-6-4-2)20-10-7-15(22)13-19(20)27-34(29,30)16-8-9-18(23)17(14-16)21(24,25)26/h7-10,13-14,27-28H,3-6,11-12H2,1-2H3/q+1. The van der Waals surface area contributed by atoms with Gasteiger partial charge in [-0.1, -0.05) is 49.9 Å². The fraction of sp³-hybridized carbons (Fsp3) is 0.429. The van der Waals surface area contributed by atoms with Crippen LogP contribution in [-0.2, 0) is 25.2 Å². The van der Waals surface area contributed by atoms with Crippen molar-refractivity contribution in [2.24, 2.45) is 0 Å². The van der Waals surface area contributed by atoms with Gasteiger partial charge >= 0.3 is 14.1 Å². The molecule has 2 rings (SSSR count). The molecule has 0 bridgehead atoms. The predicted molar refractivity (Wildman–Crippen MR) is 129 cm³/mol. The Kier molecular flexibility index (Phi) is 10.5. The zero-order valence-corrected chi connectivity index (χ0v) is 21.8. The fourth-order valence-corrected chi connectivity index (χ4v) is 6.13. The summed E-state index contributed by atoms with van der Waals surface area (Å²) in [7, 11) is -8.28. The highest BCUT2D eigenvalue weighted by atomic mass is 35.5. The number of unbranched alkanes of at least 4 members (excludes halogenated alkanes) is 2. The molecule has 34 heavy (non-hydrogen) atoms. The van der Waals surface area contributed by atoms with Crippen LogP contribution in [0.3, 0.4) is 0 Å². The van der Waals surface area contributed by atoms with Gasteiger partial charge in [-0.2, -0.15) is 27.1 Å². The van der Waals surface area contributed by atoms with Gasteiger partial charge in [-0.3, -0.25) is 4.72 Å². The third-order valence-electron chi connectivity index (χ3n) is 4.59. The van der Waals surface area contributed by atoms with E-state index in [0.29, 0.717) is 18.9 Å². The summed E-state index contributed by atoms with van der Waals surface area (Å²) in [5.41, 5.74) is -1.46. The number of nitrogens with one attached hydrogen (secondary N) is 1. The lowest BCUT2D eigenvalue weighted by atomic mass is 10.2. The Morgan fingerprint density at radius 3 is 2.12 bits per heavy atom. The summed E-state index contributed by atoms with van der Waals surface area (Å²) in [4.78, 5) is 10.6. The molecule has 2 N–H and O–H groups in total. The van der Waals surface area contributed by atoms with Crippen molar-refractivity contribution in [2.75, 3.05) is 17.9 Å². The average molecular weight is 563 g/mol. The van der Waals surface area contributed by atoms with E-state index in [1.54, 1.807) is 0 Å². The lowest BCUT2D eigenvalue weighted by molar-refractivity contribution is -0.137. The summed E-state index contributed by atoms with van der Waals surface area (Å²) in [6.45, 7) is 4.19. The number of sulfonamides is 1. The fourth-order valence-electron chi connectivity index (χ4n) is 2.77. The molecule has 0 spiro atoms. The van der Waals surface area contributed by atoms with E-state index in [9.17, 15) is 26.5 Å². The van der Waals surface area contributed by atoms with Crippen LogP contribution >= 0.6 is 31.1 Å². The third-order valence-corrected chi connectivity index (χ3v) is 8.58. The summed E-state index contributed by atoms with van der Waals surface area (Å²) in [5.74, 6) is 0. The zero-order chi connectivity index (χ0) is 25.6. The highest BCUT2D eigenvalue weighted by molar-refractivity contribution is 7.92. The number of hydrogen-bond acceptors (Lipinski definition) is 5. The van der Waals surface area contributed by atoms with Gasteiger partial charge in [0.2, 0.25) is 5.30 Å². The van der Waals surface area contributed by atoms with Crippen LogP contribution in [0.25, 0.3) is 0 Å². The number of alkyl halides is 3. The molecule has 0 aliphatic heterocycles. The summed E-state index contributed by atoms with van der Waals surface area (Å²) >= 11 is 11.7. The van der Waals surface area contributed by atoms with Gasteiger partial charge in [0.1, 0.15) is 5.69 Å². The molecule has 0 heterocycles. The molecule has 0 atom stereocenters. The molecule has 0 saturated heterocycles. The maximum absolute atomic E-state index is 13.2. The molecular formula is C21H26Cl2F3NO5PS+. The first-order chi connectivity index (χ1) is 15.8. The lowest BCUT2D eigenvalue weighted by Crippen LogP contribution is -2.24. The SMILES string of the molecule is CCCCO[P+](O)(OCCCC)c1ccc(Cl)cc1NS(=O)(=O)c1ccc(Cl)c(C(F)(F)F)c1. The van der Waals surface area contributed by atoms with E-state index in [4.69, 9.17) is 32.2 Å². The highest BCUT2D eigenvalue weighted by Gasteiger charge is 2.47. The Labute approximate surface area is 208 Å². The minimum atomic E-state index is -4.85. The van der Waals surface area contributed by atoms with Crippen molar-refractivity contribution in [1.29, 1.82) is 0 Å². The Balaban J connectivity index is 2.50. The second kappa shape index (κ2) is 12.2. The molecule has 190 valence electrons. The van der Waals surface area contributed by atoms with Crippen LogP contribution in [0, 0.1) is 0 Å². The molecule has 0 amide bonds. The normalized spacial score (nSPS) is 12.7. The van der Waals surface area contributed by atoms with E-state index < -0.39 is 39.6 Å². The zero-order valence-electron chi connectivity index (χ0n) is 18.5. The molecule has 0 unspecified atom stereocenters. The summed E-state index contributed by atoms with van der Waals surface area (Å²) in [6, 6.07) is 6.26. The van der Waals surface area contributed by atoms with Crippen molar-refractivity contribution < 1.29 is 35.5 Å². The summed E-state index contributed by atoms with van der Waals surface area (Å²) in [5, 5.41) is -0.497. The monoisotopic (exact) mass is 562 g/mol. The maximum Gasteiger partial charge on any atom is 0.448 e. The van der Waals surface area contributed by atoms with Gasteiger partial charge < -0.3 is 0 Å². The maximum atomic E-state index is 13.2. The van der Waals surface area contributed by atoms with Gasteiger partial charge in [0, 0.05) is 5.02 Å². The lowest BCUT2D eigenvalue weighted by Gasteiger charge is -2.20. The number of halogens is 5. The van der Waals surface area contributed by atoms with Crippen LogP contribution in [0.2, 0.25) is 10.0 Å². The summed E-state index contributed by atoms with van der Waals surface area (Å²) < 4.78 is 79.3. The number of anilines is 1. The van der Waals surface area contributed by atoms with Gasteiger partial charge in [-0.25, -0.2) is 8.42 Å². The van der Waals surface area contributed by atoms with E-state index in [0.717, 1.165) is 25.0 Å². The Morgan fingerprint density at radius 1 is 1.00 bits per heavy atom. The van der Waals surface area contributed by atoms with Crippen LogP contribution < -0.4 is 10.0 Å². The first kappa shape index (κ1) is 29.1. The quantitative estimate of drug-likeness (QED) is 0.219. The number of hydrogen-bond donors (Lipinski definition) is 2. The second-order valence-electron chi connectivity index (χ2n) is 7.30. The largest absolute Gasteiger partial charge is 0.448 e. The Hall–Kier alpha value is -1.13. The Morgan fingerprint density at radius 2 is 1.59 bits per heavy atom. The molecule has 0 saturated carbocycles. The Bertz CT molecular complexity index is 1080. The third kappa shape index (κ3) is 7.68. The minimum absolute atomic E-state index is 0.0117. The molecule has 0 fully saturated rings. The molecule has 0 radical (unpaired) electrons. The van der Waals surface area contributed by atoms with E-state index in [-0.39, 0.29) is 29.2 Å². The highest BCUT2D eigenvalue weighted by Crippen LogP contribution is 2.57. The molecule has 6 nitrogen and oxygen atoms in total. The van der Waals surface area contributed by atoms with E-state index >= 15 is 0 Å². The molecule has 0 aliphatic rings. The van der Waals surface area contributed by atoms with Gasteiger partial charge in [0.15, 0.2) is 0 Å². The molecule has 2 aromatic rings. The molecule has 0 aromatic heterocycles. The van der Waals surface area contributed by atoms with Crippen LogP contribution in [0.4, 0.5) is 18.9 Å². The minimum Gasteiger partial charge on any atom is -0.275 e. The first-order valence-electron chi connectivity index (χ1n) is 10.4. The van der Waals surface area contributed by atoms with Crippen LogP contribution in [0.1, 0.15) is 45.1 Å². The van der Waals surface area contributed by atoms with Crippen molar-refractivity contribution >= 4 is 52.2 Å².